The third-order valence-electron chi connectivity index (χ3n) is 6.15. The first-order valence-corrected chi connectivity index (χ1v) is 12.1. The maximum atomic E-state index is 13.0. The average molecular weight is 405 g/mol. The highest BCUT2D eigenvalue weighted by molar-refractivity contribution is 7.85. The summed E-state index contributed by atoms with van der Waals surface area (Å²) in [5.41, 5.74) is 0.954. The third kappa shape index (κ3) is 5.66. The van der Waals surface area contributed by atoms with E-state index in [4.69, 9.17) is 0 Å². The number of aryl methyl sites for hydroxylation is 1. The van der Waals surface area contributed by atoms with E-state index in [0.717, 1.165) is 17.9 Å². The summed E-state index contributed by atoms with van der Waals surface area (Å²) < 4.78 is 12.8. The molecule has 0 aromatic heterocycles. The minimum absolute atomic E-state index is 0.0893. The van der Waals surface area contributed by atoms with Crippen molar-refractivity contribution in [3.05, 3.63) is 29.8 Å². The number of rotatable bonds is 5. The first kappa shape index (κ1) is 21.5. The molecule has 4 atom stereocenters. The number of hydrogen-bond acceptors (Lipinski definition) is 3. The molecule has 0 bridgehead atoms. The van der Waals surface area contributed by atoms with Crippen molar-refractivity contribution < 1.29 is 9.00 Å². The van der Waals surface area contributed by atoms with Gasteiger partial charge in [-0.1, -0.05) is 37.0 Å². The summed E-state index contributed by atoms with van der Waals surface area (Å²) in [6.07, 6.45) is 6.09. The summed E-state index contributed by atoms with van der Waals surface area (Å²) in [4.78, 5) is 16.2. The van der Waals surface area contributed by atoms with Crippen LogP contribution in [-0.2, 0) is 15.6 Å². The smallest absolute Gasteiger partial charge is 0.237 e. The van der Waals surface area contributed by atoms with Gasteiger partial charge in [-0.3, -0.25) is 13.9 Å². The van der Waals surface area contributed by atoms with E-state index in [1.165, 1.54) is 31.2 Å². The molecular formula is C23H36N2O2S. The van der Waals surface area contributed by atoms with E-state index in [1.54, 1.807) is 0 Å². The molecule has 1 saturated heterocycles. The van der Waals surface area contributed by atoms with E-state index in [9.17, 15) is 9.00 Å². The van der Waals surface area contributed by atoms with E-state index in [1.807, 2.05) is 52.0 Å². The van der Waals surface area contributed by atoms with Gasteiger partial charge in [-0.25, -0.2) is 0 Å². The lowest BCUT2D eigenvalue weighted by molar-refractivity contribution is -0.131. The Kier molecular flexibility index (Phi) is 6.98. The van der Waals surface area contributed by atoms with E-state index in [0.29, 0.717) is 24.1 Å². The summed E-state index contributed by atoms with van der Waals surface area (Å²) >= 11 is 0. The van der Waals surface area contributed by atoms with Crippen LogP contribution in [-0.4, -0.2) is 45.4 Å². The Balaban J connectivity index is 1.68. The first-order chi connectivity index (χ1) is 13.2. The van der Waals surface area contributed by atoms with Gasteiger partial charge in [-0.05, 0) is 64.5 Å². The molecule has 1 unspecified atom stereocenters. The number of hydrogen-bond donors (Lipinski definition) is 1. The number of nitrogens with one attached hydrogen (secondary N) is 1. The predicted molar refractivity (Wildman–Crippen MR) is 116 cm³/mol. The van der Waals surface area contributed by atoms with E-state index in [-0.39, 0.29) is 17.5 Å². The molecule has 1 amide bonds. The Morgan fingerprint density at radius 3 is 2.43 bits per heavy atom. The van der Waals surface area contributed by atoms with E-state index >= 15 is 0 Å². The molecule has 2 aliphatic rings. The molecular weight excluding hydrogens is 368 g/mol. The summed E-state index contributed by atoms with van der Waals surface area (Å²) in [7, 11) is -1.02. The molecule has 1 N–H and O–H groups in total. The van der Waals surface area contributed by atoms with Crippen molar-refractivity contribution in [1.29, 1.82) is 0 Å². The molecule has 1 aliphatic heterocycles. The van der Waals surface area contributed by atoms with Gasteiger partial charge in [0, 0.05) is 29.3 Å². The van der Waals surface area contributed by atoms with Gasteiger partial charge in [0.1, 0.15) is 0 Å². The maximum absolute atomic E-state index is 13.0. The van der Waals surface area contributed by atoms with E-state index in [2.05, 4.69) is 10.2 Å². The molecule has 3 rings (SSSR count). The summed E-state index contributed by atoms with van der Waals surface area (Å²) in [5.74, 6) is 2.08. The van der Waals surface area contributed by atoms with Crippen LogP contribution in [0.25, 0.3) is 0 Å². The first-order valence-electron chi connectivity index (χ1n) is 10.7. The third-order valence-corrected chi connectivity index (χ3v) is 7.50. The van der Waals surface area contributed by atoms with Crippen LogP contribution < -0.4 is 5.32 Å². The van der Waals surface area contributed by atoms with Gasteiger partial charge in [-0.15, -0.1) is 0 Å². The molecule has 28 heavy (non-hydrogen) atoms. The molecule has 0 radical (unpaired) electrons. The monoisotopic (exact) mass is 404 g/mol. The van der Waals surface area contributed by atoms with Crippen LogP contribution in [0.3, 0.4) is 0 Å². The minimum Gasteiger partial charge on any atom is -0.350 e. The Hall–Kier alpha value is -1.20. The van der Waals surface area contributed by atoms with Crippen molar-refractivity contribution in [2.45, 2.75) is 76.3 Å². The van der Waals surface area contributed by atoms with Gasteiger partial charge in [0.25, 0.3) is 0 Å². The van der Waals surface area contributed by atoms with E-state index < -0.39 is 10.8 Å². The molecule has 2 fully saturated rings. The van der Waals surface area contributed by atoms with Gasteiger partial charge in [0.05, 0.1) is 16.8 Å². The Bertz CT molecular complexity index is 696. The van der Waals surface area contributed by atoms with Crippen LogP contribution in [0.15, 0.2) is 29.2 Å². The summed E-state index contributed by atoms with van der Waals surface area (Å²) in [5, 5.41) is 3.18. The van der Waals surface area contributed by atoms with Crippen LogP contribution in [0.1, 0.15) is 58.4 Å². The van der Waals surface area contributed by atoms with Crippen molar-refractivity contribution in [3.63, 3.8) is 0 Å². The SMILES string of the molecule is Cc1ccc(S(=O)CCN2C[C@H]3CCCC[C@H]3C[C@H]2C(=O)NC(C)(C)C)cc1. The zero-order chi connectivity index (χ0) is 20.3. The topological polar surface area (TPSA) is 49.4 Å². The number of fused-ring (bicyclic) bond motifs is 1. The van der Waals surface area contributed by atoms with Crippen molar-refractivity contribution in [2.24, 2.45) is 11.8 Å². The van der Waals surface area contributed by atoms with Crippen molar-refractivity contribution in [2.75, 3.05) is 18.8 Å². The molecule has 156 valence electrons. The maximum Gasteiger partial charge on any atom is 0.237 e. The second-order valence-corrected chi connectivity index (χ2v) is 11.2. The predicted octanol–water partition coefficient (Wildman–Crippen LogP) is 3.90. The molecule has 4 nitrogen and oxygen atoms in total. The van der Waals surface area contributed by atoms with Gasteiger partial charge in [-0.2, -0.15) is 0 Å². The standard InChI is InChI=1S/C23H36N2O2S/c1-17-9-11-20(12-10-17)28(27)14-13-25-16-19-8-6-5-7-18(19)15-21(25)22(26)24-23(2,3)4/h9-12,18-19,21H,5-8,13-16H2,1-4H3,(H,24,26)/t18-,19+,21-,28?/m0/s1. The zero-order valence-corrected chi connectivity index (χ0v) is 18.7. The molecule has 0 spiro atoms. The van der Waals surface area contributed by atoms with Gasteiger partial charge >= 0.3 is 0 Å². The molecule has 1 heterocycles. The number of amides is 1. The summed E-state index contributed by atoms with van der Waals surface area (Å²) in [6.45, 7) is 9.83. The van der Waals surface area contributed by atoms with Crippen molar-refractivity contribution in [3.8, 4) is 0 Å². The number of nitrogens with zero attached hydrogens (tertiary/aromatic N) is 1. The van der Waals surface area contributed by atoms with Crippen molar-refractivity contribution in [1.82, 2.24) is 10.2 Å². The van der Waals surface area contributed by atoms with Crippen LogP contribution >= 0.6 is 0 Å². The highest BCUT2D eigenvalue weighted by Gasteiger charge is 2.40. The molecule has 1 saturated carbocycles. The Morgan fingerprint density at radius 1 is 1.14 bits per heavy atom. The molecule has 1 aliphatic carbocycles. The molecule has 1 aromatic rings. The van der Waals surface area contributed by atoms with Crippen LogP contribution in [0.5, 0.6) is 0 Å². The summed E-state index contributed by atoms with van der Waals surface area (Å²) in [6, 6.07) is 7.86. The molecule has 5 heteroatoms. The van der Waals surface area contributed by atoms with Crippen LogP contribution in [0.2, 0.25) is 0 Å². The lowest BCUT2D eigenvalue weighted by atomic mass is 9.72. The van der Waals surface area contributed by atoms with Crippen molar-refractivity contribution >= 4 is 16.7 Å². The number of carbonyl (C=O) groups is 1. The number of carbonyl (C=O) groups excluding carboxylic acids is 1. The van der Waals surface area contributed by atoms with Crippen LogP contribution in [0, 0.1) is 18.8 Å². The van der Waals surface area contributed by atoms with Gasteiger partial charge < -0.3 is 5.32 Å². The number of piperidine rings is 1. The zero-order valence-electron chi connectivity index (χ0n) is 17.9. The largest absolute Gasteiger partial charge is 0.350 e. The fraction of sp³-hybridized carbons (Fsp3) is 0.696. The van der Waals surface area contributed by atoms with Crippen LogP contribution in [0.4, 0.5) is 0 Å². The van der Waals surface area contributed by atoms with Gasteiger partial charge in [0.2, 0.25) is 5.91 Å². The normalized spacial score (nSPS) is 27.1. The minimum atomic E-state index is -1.02. The second-order valence-electron chi connectivity index (χ2n) is 9.65. The fourth-order valence-corrected chi connectivity index (χ4v) is 5.76. The van der Waals surface area contributed by atoms with Gasteiger partial charge in [0.15, 0.2) is 0 Å². The second kappa shape index (κ2) is 9.08. The highest BCUT2D eigenvalue weighted by atomic mass is 32.2. The number of likely N-dealkylation sites (tertiary alicyclic amines) is 1. The Labute approximate surface area is 172 Å². The fourth-order valence-electron chi connectivity index (χ4n) is 4.68. The lowest BCUT2D eigenvalue weighted by Crippen LogP contribution is -2.58. The number of benzene rings is 1. The quantitative estimate of drug-likeness (QED) is 0.810. The average Bonchev–Trinajstić information content (AvgIpc) is 2.64. The highest BCUT2D eigenvalue weighted by Crippen LogP contribution is 2.38. The Morgan fingerprint density at radius 2 is 1.79 bits per heavy atom. The lowest BCUT2D eigenvalue weighted by Gasteiger charge is -2.46. The molecule has 1 aromatic carbocycles.